The van der Waals surface area contributed by atoms with Crippen LogP contribution in [0.3, 0.4) is 0 Å². The average Bonchev–Trinajstić information content (AvgIpc) is 2.32. The van der Waals surface area contributed by atoms with Gasteiger partial charge in [0.25, 0.3) is 5.78 Å². The molecule has 2 rings (SSSR count). The van der Waals surface area contributed by atoms with Gasteiger partial charge in [-0.2, -0.15) is 13.2 Å². The lowest BCUT2D eigenvalue weighted by Crippen LogP contribution is -2.24. The number of anilines is 1. The number of carbonyl (C=O) groups excluding carboxylic acids is 1. The minimum absolute atomic E-state index is 0.219. The van der Waals surface area contributed by atoms with Gasteiger partial charge in [0.05, 0.1) is 0 Å². The first-order valence-corrected chi connectivity index (χ1v) is 5.23. The van der Waals surface area contributed by atoms with E-state index in [1.165, 1.54) is 6.08 Å². The second-order valence-electron chi connectivity index (χ2n) is 3.88. The van der Waals surface area contributed by atoms with Crippen molar-refractivity contribution >= 4 is 17.5 Å². The molecule has 0 amide bonds. The van der Waals surface area contributed by atoms with E-state index >= 15 is 0 Å². The molecule has 2 nitrogen and oxygen atoms in total. The first kappa shape index (κ1) is 12.4. The molecule has 18 heavy (non-hydrogen) atoms. The number of ketones is 1. The van der Waals surface area contributed by atoms with Crippen LogP contribution in [0.2, 0.25) is 0 Å². The maximum absolute atomic E-state index is 12.2. The number of hydrogen-bond donors (Lipinski definition) is 0. The summed E-state index contributed by atoms with van der Waals surface area (Å²) in [5, 5.41) is 0. The molecule has 0 saturated carbocycles. The van der Waals surface area contributed by atoms with E-state index < -0.39 is 12.0 Å². The van der Waals surface area contributed by atoms with Gasteiger partial charge in [-0.05, 0) is 17.7 Å². The second kappa shape index (κ2) is 4.33. The number of fused-ring (bicyclic) bond motifs is 1. The van der Waals surface area contributed by atoms with E-state index in [-0.39, 0.29) is 5.70 Å². The summed E-state index contributed by atoms with van der Waals surface area (Å²) in [5.74, 6) is -1.85. The molecule has 0 fully saturated rings. The normalized spacial score (nSPS) is 16.9. The fourth-order valence-corrected chi connectivity index (χ4v) is 1.72. The molecule has 0 aliphatic carbocycles. The Morgan fingerprint density at radius 1 is 1.22 bits per heavy atom. The predicted molar refractivity (Wildman–Crippen MR) is 63.0 cm³/mol. The number of carbonyl (C=O) groups is 1. The van der Waals surface area contributed by atoms with E-state index in [0.717, 1.165) is 11.3 Å². The molecule has 1 aliphatic heterocycles. The van der Waals surface area contributed by atoms with E-state index in [1.807, 2.05) is 12.1 Å². The molecule has 0 N–H and O–H groups in total. The minimum Gasteiger partial charge on any atom is -0.344 e. The number of alkyl halides is 3. The number of benzene rings is 1. The van der Waals surface area contributed by atoms with Crippen LogP contribution in [0.5, 0.6) is 0 Å². The van der Waals surface area contributed by atoms with Gasteiger partial charge in [-0.25, -0.2) is 0 Å². The number of likely N-dealkylation sites (N-methyl/N-ethyl adjacent to an activating group) is 1. The Bertz CT molecular complexity index is 543. The summed E-state index contributed by atoms with van der Waals surface area (Å²) >= 11 is 0. The lowest BCUT2D eigenvalue weighted by Gasteiger charge is -2.26. The summed E-state index contributed by atoms with van der Waals surface area (Å²) in [7, 11) is 1.62. The van der Waals surface area contributed by atoms with Crippen molar-refractivity contribution < 1.29 is 18.0 Å². The third-order valence-corrected chi connectivity index (χ3v) is 2.68. The summed E-state index contributed by atoms with van der Waals surface area (Å²) in [6, 6.07) is 7.26. The number of allylic oxidation sites excluding steroid dienone is 2. The molecule has 0 radical (unpaired) electrons. The zero-order valence-electron chi connectivity index (χ0n) is 9.53. The van der Waals surface area contributed by atoms with Crippen LogP contribution < -0.4 is 4.90 Å². The van der Waals surface area contributed by atoms with Crippen LogP contribution in [-0.4, -0.2) is 19.0 Å². The molecule has 0 unspecified atom stereocenters. The van der Waals surface area contributed by atoms with Crippen LogP contribution in [0.15, 0.2) is 42.1 Å². The van der Waals surface area contributed by atoms with E-state index in [4.69, 9.17) is 0 Å². The summed E-state index contributed by atoms with van der Waals surface area (Å²) in [5.41, 5.74) is 1.88. The number of nitrogens with zero attached hydrogens (tertiary/aromatic N) is 1. The van der Waals surface area contributed by atoms with Crippen molar-refractivity contribution in [2.75, 3.05) is 11.9 Å². The van der Waals surface area contributed by atoms with E-state index in [0.29, 0.717) is 6.08 Å². The van der Waals surface area contributed by atoms with Gasteiger partial charge in [-0.3, -0.25) is 4.79 Å². The quantitative estimate of drug-likeness (QED) is 0.716. The number of hydrogen-bond acceptors (Lipinski definition) is 2. The third-order valence-electron chi connectivity index (χ3n) is 2.68. The van der Waals surface area contributed by atoms with Gasteiger partial charge in [0.15, 0.2) is 0 Å². The van der Waals surface area contributed by atoms with Crippen molar-refractivity contribution in [3.63, 3.8) is 0 Å². The molecule has 0 atom stereocenters. The van der Waals surface area contributed by atoms with Gasteiger partial charge >= 0.3 is 6.18 Å². The van der Waals surface area contributed by atoms with Gasteiger partial charge in [-0.15, -0.1) is 0 Å². The van der Waals surface area contributed by atoms with Gasteiger partial charge < -0.3 is 4.90 Å². The topological polar surface area (TPSA) is 20.3 Å². The highest BCUT2D eigenvalue weighted by molar-refractivity contribution is 5.96. The SMILES string of the molecule is CN1/C(=C\C(=O)C(F)(F)F)C=Cc2ccccc21. The van der Waals surface area contributed by atoms with Gasteiger partial charge in [0.1, 0.15) is 0 Å². The van der Waals surface area contributed by atoms with E-state index in [9.17, 15) is 18.0 Å². The number of para-hydroxylation sites is 1. The van der Waals surface area contributed by atoms with Gasteiger partial charge in [0, 0.05) is 24.5 Å². The molecule has 1 aromatic rings. The molecule has 5 heteroatoms. The maximum Gasteiger partial charge on any atom is 0.454 e. The number of rotatable bonds is 1. The Labute approximate surface area is 102 Å². The van der Waals surface area contributed by atoms with Crippen LogP contribution in [0.1, 0.15) is 5.56 Å². The Morgan fingerprint density at radius 2 is 1.89 bits per heavy atom. The highest BCUT2D eigenvalue weighted by Gasteiger charge is 2.37. The highest BCUT2D eigenvalue weighted by atomic mass is 19.4. The molecular weight excluding hydrogens is 243 g/mol. The molecular formula is C13H10F3NO. The molecule has 0 aromatic heterocycles. The smallest absolute Gasteiger partial charge is 0.344 e. The first-order chi connectivity index (χ1) is 8.39. The average molecular weight is 253 g/mol. The fraction of sp³-hybridized carbons (Fsp3) is 0.154. The Morgan fingerprint density at radius 3 is 2.56 bits per heavy atom. The van der Waals surface area contributed by atoms with Crippen molar-refractivity contribution in [2.24, 2.45) is 0 Å². The van der Waals surface area contributed by atoms with Crippen LogP contribution in [0.25, 0.3) is 6.08 Å². The molecule has 0 spiro atoms. The Hall–Kier alpha value is -2.04. The molecule has 1 aliphatic rings. The monoisotopic (exact) mass is 253 g/mol. The minimum atomic E-state index is -4.83. The van der Waals surface area contributed by atoms with Crippen LogP contribution >= 0.6 is 0 Å². The standard InChI is InChI=1S/C13H10F3NO/c1-17-10(8-12(18)13(14,15)16)7-6-9-4-2-3-5-11(9)17/h2-8H,1H3/b10-8-. The molecule has 1 aromatic carbocycles. The summed E-state index contributed by atoms with van der Waals surface area (Å²) < 4.78 is 36.6. The van der Waals surface area contributed by atoms with Crippen LogP contribution in [0.4, 0.5) is 18.9 Å². The van der Waals surface area contributed by atoms with E-state index in [2.05, 4.69) is 0 Å². The Kier molecular flexibility index (Phi) is 2.98. The van der Waals surface area contributed by atoms with Crippen molar-refractivity contribution in [1.82, 2.24) is 0 Å². The highest BCUT2D eigenvalue weighted by Crippen LogP contribution is 2.29. The van der Waals surface area contributed by atoms with Crippen LogP contribution in [0, 0.1) is 0 Å². The number of halogens is 3. The summed E-state index contributed by atoms with van der Waals surface area (Å²) in [4.78, 5) is 12.5. The lowest BCUT2D eigenvalue weighted by atomic mass is 10.1. The van der Waals surface area contributed by atoms with E-state index in [1.54, 1.807) is 30.2 Å². The molecule has 1 heterocycles. The summed E-state index contributed by atoms with van der Waals surface area (Å²) in [6.07, 6.45) is -1.05. The fourth-order valence-electron chi connectivity index (χ4n) is 1.72. The largest absolute Gasteiger partial charge is 0.454 e. The Balaban J connectivity index is 2.36. The van der Waals surface area contributed by atoms with Crippen molar-refractivity contribution in [1.29, 1.82) is 0 Å². The predicted octanol–water partition coefficient (Wildman–Crippen LogP) is 3.16. The first-order valence-electron chi connectivity index (χ1n) is 5.23. The van der Waals surface area contributed by atoms with Crippen molar-refractivity contribution in [3.05, 3.63) is 47.7 Å². The van der Waals surface area contributed by atoms with Crippen molar-refractivity contribution in [2.45, 2.75) is 6.18 Å². The molecule has 0 saturated heterocycles. The second-order valence-corrected chi connectivity index (χ2v) is 3.88. The van der Waals surface area contributed by atoms with Crippen LogP contribution in [-0.2, 0) is 4.79 Å². The lowest BCUT2D eigenvalue weighted by molar-refractivity contribution is -0.165. The summed E-state index contributed by atoms with van der Waals surface area (Å²) in [6.45, 7) is 0. The van der Waals surface area contributed by atoms with Gasteiger partial charge in [0.2, 0.25) is 0 Å². The zero-order valence-corrected chi connectivity index (χ0v) is 9.53. The maximum atomic E-state index is 12.2. The van der Waals surface area contributed by atoms with Crippen molar-refractivity contribution in [3.8, 4) is 0 Å². The van der Waals surface area contributed by atoms with Gasteiger partial charge in [-0.1, -0.05) is 24.3 Å². The molecule has 0 bridgehead atoms. The third kappa shape index (κ3) is 2.30. The zero-order chi connectivity index (χ0) is 13.3. The molecule has 94 valence electrons.